The van der Waals surface area contributed by atoms with Gasteiger partial charge in [-0.3, -0.25) is 9.59 Å². The number of nitrogens with zero attached hydrogens (tertiary/aromatic N) is 1. The Morgan fingerprint density at radius 1 is 1.31 bits per heavy atom. The molecule has 0 radical (unpaired) electrons. The summed E-state index contributed by atoms with van der Waals surface area (Å²) in [7, 11) is 1.53. The van der Waals surface area contributed by atoms with Crippen LogP contribution in [0.25, 0.3) is 0 Å². The van der Waals surface area contributed by atoms with Gasteiger partial charge in [-0.25, -0.2) is 0 Å². The second kappa shape index (κ2) is 9.15. The van der Waals surface area contributed by atoms with Crippen molar-refractivity contribution in [2.45, 2.75) is 32.6 Å². The average Bonchev–Trinajstić information content (AvgIpc) is 2.23. The van der Waals surface area contributed by atoms with Gasteiger partial charge in [0, 0.05) is 20.1 Å². The van der Waals surface area contributed by atoms with E-state index in [-0.39, 0.29) is 12.5 Å². The Hall–Kier alpha value is -1.10. The van der Waals surface area contributed by atoms with Crippen LogP contribution >= 0.6 is 0 Å². The minimum Gasteiger partial charge on any atom is -0.480 e. The van der Waals surface area contributed by atoms with Gasteiger partial charge in [-0.05, 0) is 6.42 Å². The first-order valence-electron chi connectivity index (χ1n) is 5.60. The minimum absolute atomic E-state index is 0.104. The fourth-order valence-corrected chi connectivity index (χ4v) is 1.34. The molecule has 0 heterocycles. The van der Waals surface area contributed by atoms with E-state index in [1.165, 1.54) is 12.0 Å². The number of methoxy groups -OCH3 is 1. The number of carboxylic acid groups (broad SMARTS) is 1. The van der Waals surface area contributed by atoms with Crippen molar-refractivity contribution in [2.24, 2.45) is 0 Å². The molecular formula is C11H21NO4. The zero-order chi connectivity index (χ0) is 12.4. The van der Waals surface area contributed by atoms with Gasteiger partial charge in [0.15, 0.2) is 0 Å². The van der Waals surface area contributed by atoms with Crippen LogP contribution in [0.5, 0.6) is 0 Å². The minimum atomic E-state index is -0.986. The molecular weight excluding hydrogens is 210 g/mol. The van der Waals surface area contributed by atoms with Gasteiger partial charge in [0.2, 0.25) is 5.91 Å². The number of hydrogen-bond donors (Lipinski definition) is 1. The normalized spacial score (nSPS) is 10.1. The molecule has 0 aliphatic carbocycles. The Labute approximate surface area is 96.4 Å². The van der Waals surface area contributed by atoms with E-state index in [1.807, 2.05) is 0 Å². The van der Waals surface area contributed by atoms with Crippen LogP contribution < -0.4 is 0 Å². The van der Waals surface area contributed by atoms with Crippen LogP contribution in [0.4, 0.5) is 0 Å². The van der Waals surface area contributed by atoms with Crippen molar-refractivity contribution in [1.82, 2.24) is 4.90 Å². The van der Waals surface area contributed by atoms with Crippen molar-refractivity contribution in [2.75, 3.05) is 26.8 Å². The highest BCUT2D eigenvalue weighted by Crippen LogP contribution is 2.03. The lowest BCUT2D eigenvalue weighted by Crippen LogP contribution is -2.37. The third-order valence-corrected chi connectivity index (χ3v) is 2.24. The number of aliphatic carboxylic acids is 1. The molecule has 0 bridgehead atoms. The lowest BCUT2D eigenvalue weighted by Gasteiger charge is -2.20. The van der Waals surface area contributed by atoms with Gasteiger partial charge in [0.05, 0.1) is 6.61 Å². The zero-order valence-electron chi connectivity index (χ0n) is 10.1. The molecule has 0 aliphatic heterocycles. The summed E-state index contributed by atoms with van der Waals surface area (Å²) in [6.45, 7) is 2.53. The molecule has 0 saturated carbocycles. The van der Waals surface area contributed by atoms with Crippen LogP contribution in [0.15, 0.2) is 0 Å². The van der Waals surface area contributed by atoms with E-state index in [0.29, 0.717) is 19.6 Å². The first kappa shape index (κ1) is 14.9. The maximum absolute atomic E-state index is 11.7. The molecule has 0 unspecified atom stereocenters. The van der Waals surface area contributed by atoms with Crippen molar-refractivity contribution >= 4 is 11.9 Å². The van der Waals surface area contributed by atoms with E-state index >= 15 is 0 Å². The molecule has 0 spiro atoms. The number of rotatable bonds is 9. The van der Waals surface area contributed by atoms with Crippen LogP contribution in [0, 0.1) is 0 Å². The fourth-order valence-electron chi connectivity index (χ4n) is 1.34. The maximum atomic E-state index is 11.7. The summed E-state index contributed by atoms with van der Waals surface area (Å²) in [5, 5.41) is 8.67. The lowest BCUT2D eigenvalue weighted by molar-refractivity contribution is -0.144. The quantitative estimate of drug-likeness (QED) is 0.604. The van der Waals surface area contributed by atoms with Crippen LogP contribution in [0.3, 0.4) is 0 Å². The van der Waals surface area contributed by atoms with E-state index < -0.39 is 5.97 Å². The molecule has 5 heteroatoms. The first-order valence-corrected chi connectivity index (χ1v) is 5.60. The molecule has 0 aliphatic rings. The van der Waals surface area contributed by atoms with Gasteiger partial charge in [-0.15, -0.1) is 0 Å². The van der Waals surface area contributed by atoms with Gasteiger partial charge >= 0.3 is 5.97 Å². The third kappa shape index (κ3) is 7.23. The highest BCUT2D eigenvalue weighted by molar-refractivity contribution is 5.81. The van der Waals surface area contributed by atoms with Crippen molar-refractivity contribution in [3.8, 4) is 0 Å². The highest BCUT2D eigenvalue weighted by atomic mass is 16.5. The van der Waals surface area contributed by atoms with Gasteiger partial charge in [-0.1, -0.05) is 19.8 Å². The predicted molar refractivity (Wildman–Crippen MR) is 60.2 cm³/mol. The van der Waals surface area contributed by atoms with E-state index in [0.717, 1.165) is 19.3 Å². The molecule has 94 valence electrons. The smallest absolute Gasteiger partial charge is 0.323 e. The molecule has 1 N–H and O–H groups in total. The molecule has 0 aromatic carbocycles. The Balaban J connectivity index is 4.04. The summed E-state index contributed by atoms with van der Waals surface area (Å²) < 4.78 is 4.84. The second-order valence-corrected chi connectivity index (χ2v) is 3.66. The number of hydrogen-bond acceptors (Lipinski definition) is 3. The van der Waals surface area contributed by atoms with Crippen LogP contribution in [0.1, 0.15) is 32.6 Å². The number of carbonyl (C=O) groups is 2. The van der Waals surface area contributed by atoms with E-state index in [1.54, 1.807) is 0 Å². The number of ether oxygens (including phenoxy) is 1. The summed E-state index contributed by atoms with van der Waals surface area (Å²) in [6, 6.07) is 0. The zero-order valence-corrected chi connectivity index (χ0v) is 10.1. The molecule has 0 rings (SSSR count). The van der Waals surface area contributed by atoms with E-state index in [9.17, 15) is 9.59 Å². The SMILES string of the molecule is CCCCCC(=O)N(CCOC)CC(=O)O. The number of unbranched alkanes of at least 4 members (excludes halogenated alkanes) is 2. The maximum Gasteiger partial charge on any atom is 0.323 e. The van der Waals surface area contributed by atoms with Crippen molar-refractivity contribution in [3.63, 3.8) is 0 Å². The summed E-state index contributed by atoms with van der Waals surface area (Å²) >= 11 is 0. The molecule has 0 atom stereocenters. The van der Waals surface area contributed by atoms with Gasteiger partial charge in [-0.2, -0.15) is 0 Å². The number of carboxylic acids is 1. The topological polar surface area (TPSA) is 66.8 Å². The Morgan fingerprint density at radius 3 is 2.50 bits per heavy atom. The lowest BCUT2D eigenvalue weighted by atomic mass is 10.2. The third-order valence-electron chi connectivity index (χ3n) is 2.24. The average molecular weight is 231 g/mol. The number of amides is 1. The fraction of sp³-hybridized carbons (Fsp3) is 0.818. The summed E-state index contributed by atoms with van der Waals surface area (Å²) in [4.78, 5) is 23.6. The molecule has 0 aromatic rings. The summed E-state index contributed by atoms with van der Waals surface area (Å²) in [5.41, 5.74) is 0. The van der Waals surface area contributed by atoms with Crippen molar-refractivity contribution in [3.05, 3.63) is 0 Å². The molecule has 5 nitrogen and oxygen atoms in total. The molecule has 0 aromatic heterocycles. The summed E-state index contributed by atoms with van der Waals surface area (Å²) in [6.07, 6.45) is 3.28. The molecule has 1 amide bonds. The first-order chi connectivity index (χ1) is 7.61. The van der Waals surface area contributed by atoms with E-state index in [2.05, 4.69) is 6.92 Å². The Bertz CT molecular complexity index is 218. The van der Waals surface area contributed by atoms with E-state index in [4.69, 9.17) is 9.84 Å². The highest BCUT2D eigenvalue weighted by Gasteiger charge is 2.15. The Kier molecular flexibility index (Phi) is 8.52. The molecule has 16 heavy (non-hydrogen) atoms. The monoisotopic (exact) mass is 231 g/mol. The van der Waals surface area contributed by atoms with Crippen LogP contribution in [-0.4, -0.2) is 48.7 Å². The number of carbonyl (C=O) groups excluding carboxylic acids is 1. The van der Waals surface area contributed by atoms with Gasteiger partial charge < -0.3 is 14.7 Å². The van der Waals surface area contributed by atoms with Gasteiger partial charge in [0.1, 0.15) is 6.54 Å². The second-order valence-electron chi connectivity index (χ2n) is 3.66. The van der Waals surface area contributed by atoms with Crippen LogP contribution in [-0.2, 0) is 14.3 Å². The van der Waals surface area contributed by atoms with Crippen molar-refractivity contribution < 1.29 is 19.4 Å². The Morgan fingerprint density at radius 2 is 2.00 bits per heavy atom. The standard InChI is InChI=1S/C11H21NO4/c1-3-4-5-6-10(13)12(7-8-16-2)9-11(14)15/h3-9H2,1-2H3,(H,14,15). The van der Waals surface area contributed by atoms with Gasteiger partial charge in [0.25, 0.3) is 0 Å². The molecule has 0 saturated heterocycles. The van der Waals surface area contributed by atoms with Crippen LogP contribution in [0.2, 0.25) is 0 Å². The predicted octanol–water partition coefficient (Wildman–Crippen LogP) is 1.13. The van der Waals surface area contributed by atoms with Crippen molar-refractivity contribution in [1.29, 1.82) is 0 Å². The molecule has 0 fully saturated rings. The summed E-state index contributed by atoms with van der Waals surface area (Å²) in [5.74, 6) is -1.09. The largest absolute Gasteiger partial charge is 0.480 e.